The van der Waals surface area contributed by atoms with Gasteiger partial charge in [-0.25, -0.2) is 0 Å². The van der Waals surface area contributed by atoms with Gasteiger partial charge in [-0.05, 0) is 65.3 Å². The quantitative estimate of drug-likeness (QED) is 0.471. The predicted octanol–water partition coefficient (Wildman–Crippen LogP) is 4.11. The molecule has 2 amide bonds. The minimum atomic E-state index is -0.502. The number of methoxy groups -OCH3 is 2. The van der Waals surface area contributed by atoms with E-state index in [0.717, 1.165) is 49.2 Å². The first-order chi connectivity index (χ1) is 19.1. The molecule has 7 heteroatoms. The Morgan fingerprint density at radius 1 is 0.897 bits per heavy atom. The second-order valence-corrected chi connectivity index (χ2v) is 10.6. The summed E-state index contributed by atoms with van der Waals surface area (Å²) >= 11 is 0. The number of nitrogens with one attached hydrogen (secondary N) is 1. The highest BCUT2D eigenvalue weighted by atomic mass is 16.5. The van der Waals surface area contributed by atoms with Crippen LogP contribution in [-0.2, 0) is 24.2 Å². The Balaban J connectivity index is 1.22. The lowest BCUT2D eigenvalue weighted by Crippen LogP contribution is -2.50. The molecule has 0 radical (unpaired) electrons. The molecule has 1 N–H and O–H groups in total. The van der Waals surface area contributed by atoms with E-state index in [1.807, 2.05) is 41.3 Å². The van der Waals surface area contributed by atoms with Gasteiger partial charge >= 0.3 is 0 Å². The maximum Gasteiger partial charge on any atom is 0.254 e. The van der Waals surface area contributed by atoms with Crippen LogP contribution in [0.15, 0.2) is 60.7 Å². The molecule has 3 aliphatic rings. The number of nitrogens with zero attached hydrogens (tertiary/aromatic N) is 2. The summed E-state index contributed by atoms with van der Waals surface area (Å²) in [6, 6.07) is 19.7. The first-order valence-electron chi connectivity index (χ1n) is 13.8. The molecule has 7 nitrogen and oxygen atoms in total. The first kappa shape index (κ1) is 25.4. The summed E-state index contributed by atoms with van der Waals surface area (Å²) in [4.78, 5) is 31.8. The number of fused-ring (bicyclic) bond motifs is 5. The summed E-state index contributed by atoms with van der Waals surface area (Å²) in [5.74, 6) is 0.695. The van der Waals surface area contributed by atoms with Gasteiger partial charge < -0.3 is 19.7 Å². The number of carbonyl (C=O) groups is 2. The molecule has 3 heterocycles. The average molecular weight is 526 g/mol. The van der Waals surface area contributed by atoms with E-state index in [4.69, 9.17) is 9.47 Å². The molecule has 0 fully saturated rings. The van der Waals surface area contributed by atoms with Crippen molar-refractivity contribution in [2.75, 3.05) is 40.4 Å². The third-order valence-electron chi connectivity index (χ3n) is 8.47. The first-order valence-corrected chi connectivity index (χ1v) is 13.8. The van der Waals surface area contributed by atoms with E-state index in [9.17, 15) is 9.59 Å². The van der Waals surface area contributed by atoms with Crippen LogP contribution in [0.5, 0.6) is 11.5 Å². The smallest absolute Gasteiger partial charge is 0.254 e. The number of hydrogen-bond acceptors (Lipinski definition) is 5. The lowest BCUT2D eigenvalue weighted by atomic mass is 9.75. The van der Waals surface area contributed by atoms with Crippen molar-refractivity contribution in [2.24, 2.45) is 0 Å². The standard InChI is InChI=1S/C32H35N3O4/c1-38-27-18-22-13-17-35-30(26(22)19-28(27)39-2)29(24-10-5-6-11-25(24)32(35)37)31(36)33-14-7-15-34-16-12-21-8-3-4-9-23(21)20-34/h3-6,8-11,18-19,29-30H,7,12-17,20H2,1-2H3,(H,33,36). The molecular formula is C32H35N3O4. The van der Waals surface area contributed by atoms with Crippen molar-refractivity contribution in [3.8, 4) is 11.5 Å². The summed E-state index contributed by atoms with van der Waals surface area (Å²) in [7, 11) is 3.23. The largest absolute Gasteiger partial charge is 0.493 e. The number of rotatable bonds is 7. The van der Waals surface area contributed by atoms with Crippen LogP contribution >= 0.6 is 0 Å². The second kappa shape index (κ2) is 10.7. The van der Waals surface area contributed by atoms with E-state index >= 15 is 0 Å². The lowest BCUT2D eigenvalue weighted by molar-refractivity contribution is -0.124. The average Bonchev–Trinajstić information content (AvgIpc) is 2.98. The fraction of sp³-hybridized carbons (Fsp3) is 0.375. The van der Waals surface area contributed by atoms with Gasteiger partial charge in [-0.1, -0.05) is 42.5 Å². The molecule has 6 rings (SSSR count). The third-order valence-corrected chi connectivity index (χ3v) is 8.47. The summed E-state index contributed by atoms with van der Waals surface area (Å²) in [6.07, 6.45) is 2.64. The summed E-state index contributed by atoms with van der Waals surface area (Å²) in [5, 5.41) is 3.22. The Hall–Kier alpha value is -3.84. The highest BCUT2D eigenvalue weighted by Crippen LogP contribution is 2.48. The van der Waals surface area contributed by atoms with E-state index in [0.29, 0.717) is 36.6 Å². The zero-order valence-electron chi connectivity index (χ0n) is 22.6. The van der Waals surface area contributed by atoms with Crippen molar-refractivity contribution < 1.29 is 19.1 Å². The van der Waals surface area contributed by atoms with Crippen molar-refractivity contribution in [2.45, 2.75) is 37.8 Å². The molecule has 0 aromatic heterocycles. The summed E-state index contributed by atoms with van der Waals surface area (Å²) in [5.41, 5.74) is 6.29. The van der Waals surface area contributed by atoms with E-state index in [1.165, 1.54) is 11.1 Å². The van der Waals surface area contributed by atoms with E-state index < -0.39 is 12.0 Å². The van der Waals surface area contributed by atoms with Gasteiger partial charge in [0.1, 0.15) is 0 Å². The van der Waals surface area contributed by atoms with Crippen LogP contribution in [0.2, 0.25) is 0 Å². The Morgan fingerprint density at radius 2 is 1.62 bits per heavy atom. The van der Waals surface area contributed by atoms with Crippen molar-refractivity contribution in [3.63, 3.8) is 0 Å². The van der Waals surface area contributed by atoms with Gasteiger partial charge in [0, 0.05) is 38.3 Å². The van der Waals surface area contributed by atoms with E-state index in [1.54, 1.807) is 14.2 Å². The van der Waals surface area contributed by atoms with Crippen molar-refractivity contribution in [1.29, 1.82) is 0 Å². The molecule has 3 aromatic carbocycles. The van der Waals surface area contributed by atoms with Crippen LogP contribution in [0.1, 0.15) is 56.6 Å². The molecule has 2 atom stereocenters. The molecule has 0 bridgehead atoms. The third kappa shape index (κ3) is 4.65. The van der Waals surface area contributed by atoms with Crippen molar-refractivity contribution in [1.82, 2.24) is 15.1 Å². The van der Waals surface area contributed by atoms with Crippen molar-refractivity contribution >= 4 is 11.8 Å². The maximum absolute atomic E-state index is 13.9. The van der Waals surface area contributed by atoms with Crippen LogP contribution in [0.3, 0.4) is 0 Å². The number of benzene rings is 3. The molecule has 3 aliphatic heterocycles. The SMILES string of the molecule is COc1cc2c(cc1OC)C1C(C(=O)NCCCN3CCc4ccccc4C3)c3ccccc3C(=O)N1CC2. The molecule has 0 saturated heterocycles. The topological polar surface area (TPSA) is 71.1 Å². The molecule has 3 aromatic rings. The monoisotopic (exact) mass is 525 g/mol. The molecule has 39 heavy (non-hydrogen) atoms. The fourth-order valence-electron chi connectivity index (χ4n) is 6.51. The zero-order valence-corrected chi connectivity index (χ0v) is 22.6. The molecular weight excluding hydrogens is 490 g/mol. The van der Waals surface area contributed by atoms with Crippen LogP contribution in [0.25, 0.3) is 0 Å². The fourth-order valence-corrected chi connectivity index (χ4v) is 6.51. The number of ether oxygens (including phenoxy) is 2. The molecule has 0 aliphatic carbocycles. The number of carbonyl (C=O) groups excluding carboxylic acids is 2. The zero-order chi connectivity index (χ0) is 26.9. The number of hydrogen-bond donors (Lipinski definition) is 1. The van der Waals surface area contributed by atoms with Crippen LogP contribution < -0.4 is 14.8 Å². The van der Waals surface area contributed by atoms with Gasteiger partial charge in [-0.2, -0.15) is 0 Å². The Labute approximate surface area is 229 Å². The molecule has 202 valence electrons. The molecule has 0 spiro atoms. The Kier molecular flexibility index (Phi) is 7.00. The van der Waals surface area contributed by atoms with Gasteiger partial charge in [0.2, 0.25) is 5.91 Å². The van der Waals surface area contributed by atoms with Crippen molar-refractivity contribution in [3.05, 3.63) is 94.0 Å². The van der Waals surface area contributed by atoms with Crippen LogP contribution in [-0.4, -0.2) is 62.0 Å². The van der Waals surface area contributed by atoms with Crippen LogP contribution in [0.4, 0.5) is 0 Å². The van der Waals surface area contributed by atoms with Crippen LogP contribution in [0, 0.1) is 0 Å². The highest BCUT2D eigenvalue weighted by Gasteiger charge is 2.46. The number of amides is 2. The molecule has 0 saturated carbocycles. The van der Waals surface area contributed by atoms with Gasteiger partial charge in [0.15, 0.2) is 11.5 Å². The van der Waals surface area contributed by atoms with Gasteiger partial charge in [-0.3, -0.25) is 14.5 Å². The van der Waals surface area contributed by atoms with Gasteiger partial charge in [0.25, 0.3) is 5.91 Å². The maximum atomic E-state index is 13.9. The minimum Gasteiger partial charge on any atom is -0.493 e. The minimum absolute atomic E-state index is 0.0227. The van der Waals surface area contributed by atoms with Gasteiger partial charge in [0.05, 0.1) is 26.2 Å². The second-order valence-electron chi connectivity index (χ2n) is 10.6. The predicted molar refractivity (Wildman–Crippen MR) is 149 cm³/mol. The normalized spacial score (nSPS) is 19.8. The summed E-state index contributed by atoms with van der Waals surface area (Å²) < 4.78 is 11.1. The Bertz CT molecular complexity index is 1400. The summed E-state index contributed by atoms with van der Waals surface area (Å²) in [6.45, 7) is 4.09. The van der Waals surface area contributed by atoms with Gasteiger partial charge in [-0.15, -0.1) is 0 Å². The lowest BCUT2D eigenvalue weighted by Gasteiger charge is -2.45. The highest BCUT2D eigenvalue weighted by molar-refractivity contribution is 6.01. The molecule has 2 unspecified atom stereocenters. The Morgan fingerprint density at radius 3 is 2.44 bits per heavy atom. The van der Waals surface area contributed by atoms with E-state index in [-0.39, 0.29) is 11.8 Å². The van der Waals surface area contributed by atoms with E-state index in [2.05, 4.69) is 34.5 Å².